The first-order chi connectivity index (χ1) is 9.97. The lowest BCUT2D eigenvalue weighted by Gasteiger charge is -2.23. The minimum atomic E-state index is -0.455. The minimum absolute atomic E-state index is 0.318. The molecule has 0 aliphatic heterocycles. The number of nitrogens with zero attached hydrogens (tertiary/aromatic N) is 2. The number of rotatable bonds is 7. The Kier molecular flexibility index (Phi) is 6.79. The van der Waals surface area contributed by atoms with E-state index in [1.54, 1.807) is 0 Å². The highest BCUT2D eigenvalue weighted by atomic mass is 19.1. The van der Waals surface area contributed by atoms with Crippen LogP contribution in [0, 0.1) is 23.1 Å². The van der Waals surface area contributed by atoms with E-state index < -0.39 is 5.91 Å². The number of amides is 1. The van der Waals surface area contributed by atoms with Crippen LogP contribution in [0.15, 0.2) is 18.2 Å². The largest absolute Gasteiger partial charge is 0.298 e. The van der Waals surface area contributed by atoms with Gasteiger partial charge in [-0.2, -0.15) is 5.26 Å². The maximum atomic E-state index is 13.9. The second-order valence-electron chi connectivity index (χ2n) is 5.32. The minimum Gasteiger partial charge on any atom is -0.298 e. The molecule has 0 atom stereocenters. The molecule has 0 radical (unpaired) electrons. The lowest BCUT2D eigenvalue weighted by Crippen LogP contribution is -2.31. The molecule has 0 bridgehead atoms. The Morgan fingerprint density at radius 2 is 2.24 bits per heavy atom. The number of nitrogens with one attached hydrogen (secondary N) is 1. The highest BCUT2D eigenvalue weighted by Crippen LogP contribution is 2.14. The number of hydrogen-bond acceptors (Lipinski definition) is 4. The zero-order chi connectivity index (χ0) is 15.8. The van der Waals surface area contributed by atoms with E-state index in [1.165, 1.54) is 18.2 Å². The number of nitriles is 1. The van der Waals surface area contributed by atoms with Gasteiger partial charge in [-0.25, -0.2) is 10.2 Å². The number of benzene rings is 1. The average Bonchev–Trinajstić information content (AvgIpc) is 2.45. The Labute approximate surface area is 124 Å². The van der Waals surface area contributed by atoms with Crippen molar-refractivity contribution >= 4 is 5.91 Å². The van der Waals surface area contributed by atoms with E-state index in [1.807, 2.05) is 10.3 Å². The molecule has 0 saturated heterocycles. The molecule has 1 aromatic carbocycles. The molecule has 0 unspecified atom stereocenters. The fourth-order valence-electron chi connectivity index (χ4n) is 2.12. The number of carbonyl (C=O) groups excluding carboxylic acids is 1. The zero-order valence-electron chi connectivity index (χ0n) is 12.4. The summed E-state index contributed by atoms with van der Waals surface area (Å²) in [5.41, 5.74) is 2.77. The third-order valence-electron chi connectivity index (χ3n) is 3.00. The van der Waals surface area contributed by atoms with Crippen molar-refractivity contribution < 1.29 is 9.18 Å². The fraction of sp³-hybridized carbons (Fsp3) is 0.467. The highest BCUT2D eigenvalue weighted by molar-refractivity contribution is 5.93. The number of hydrogen-bond donors (Lipinski definition) is 2. The van der Waals surface area contributed by atoms with Gasteiger partial charge < -0.3 is 0 Å². The Morgan fingerprint density at radius 1 is 1.52 bits per heavy atom. The first-order valence-electron chi connectivity index (χ1n) is 6.86. The van der Waals surface area contributed by atoms with Gasteiger partial charge in [0.25, 0.3) is 5.91 Å². The highest BCUT2D eigenvalue weighted by Gasteiger charge is 2.13. The molecule has 1 rings (SSSR count). The predicted molar refractivity (Wildman–Crippen MR) is 78.4 cm³/mol. The van der Waals surface area contributed by atoms with Crippen LogP contribution in [-0.4, -0.2) is 23.9 Å². The smallest absolute Gasteiger partial charge is 0.265 e. The summed E-state index contributed by atoms with van der Waals surface area (Å²) < 4.78 is 13.9. The quantitative estimate of drug-likeness (QED) is 0.456. The van der Waals surface area contributed by atoms with E-state index in [-0.39, 0.29) is 5.82 Å². The average molecular weight is 292 g/mol. The van der Waals surface area contributed by atoms with E-state index in [4.69, 9.17) is 11.1 Å². The summed E-state index contributed by atoms with van der Waals surface area (Å²) in [6.45, 7) is 5.81. The van der Waals surface area contributed by atoms with Crippen molar-refractivity contribution in [2.24, 2.45) is 11.8 Å². The SMILES string of the molecule is CC(C)CN(CCC#N)Cc1cc(C(=O)NN)ccc1F. The van der Waals surface area contributed by atoms with Gasteiger partial charge in [-0.05, 0) is 24.1 Å². The Balaban J connectivity index is 2.91. The molecule has 1 aromatic rings. The third-order valence-corrected chi connectivity index (χ3v) is 3.00. The van der Waals surface area contributed by atoms with E-state index >= 15 is 0 Å². The number of hydrazine groups is 1. The van der Waals surface area contributed by atoms with Gasteiger partial charge in [0.2, 0.25) is 0 Å². The normalized spacial score (nSPS) is 10.7. The third kappa shape index (κ3) is 5.50. The summed E-state index contributed by atoms with van der Waals surface area (Å²) in [6.07, 6.45) is 0.386. The molecule has 21 heavy (non-hydrogen) atoms. The van der Waals surface area contributed by atoms with Gasteiger partial charge in [0, 0.05) is 37.2 Å². The first-order valence-corrected chi connectivity index (χ1v) is 6.86. The molecule has 0 saturated carbocycles. The van der Waals surface area contributed by atoms with E-state index in [9.17, 15) is 9.18 Å². The standard InChI is InChI=1S/C15H21FN4O/c1-11(2)9-20(7-3-6-17)10-13-8-12(15(21)19-18)4-5-14(13)16/h4-5,8,11H,3,7,9-10,18H2,1-2H3,(H,19,21). The van der Waals surface area contributed by atoms with Gasteiger partial charge in [-0.1, -0.05) is 13.8 Å². The van der Waals surface area contributed by atoms with Crippen LogP contribution in [0.2, 0.25) is 0 Å². The predicted octanol–water partition coefficient (Wildman–Crippen LogP) is 1.80. The molecule has 0 heterocycles. The first kappa shape index (κ1) is 17.1. The summed E-state index contributed by atoms with van der Waals surface area (Å²) in [4.78, 5) is 13.5. The van der Waals surface area contributed by atoms with Crippen molar-refractivity contribution in [2.75, 3.05) is 13.1 Å². The van der Waals surface area contributed by atoms with Gasteiger partial charge in [0.05, 0.1) is 6.07 Å². The van der Waals surface area contributed by atoms with Crippen LogP contribution in [0.3, 0.4) is 0 Å². The number of halogens is 1. The second-order valence-corrected chi connectivity index (χ2v) is 5.32. The Morgan fingerprint density at radius 3 is 2.81 bits per heavy atom. The molecular formula is C15H21FN4O. The summed E-state index contributed by atoms with van der Waals surface area (Å²) in [7, 11) is 0. The van der Waals surface area contributed by atoms with Crippen molar-refractivity contribution in [2.45, 2.75) is 26.8 Å². The second kappa shape index (κ2) is 8.35. The molecular weight excluding hydrogens is 271 g/mol. The van der Waals surface area contributed by atoms with Gasteiger partial charge >= 0.3 is 0 Å². The molecule has 0 aromatic heterocycles. The van der Waals surface area contributed by atoms with Crippen LogP contribution < -0.4 is 11.3 Å². The summed E-state index contributed by atoms with van der Waals surface area (Å²) in [5.74, 6) is 4.67. The summed E-state index contributed by atoms with van der Waals surface area (Å²) >= 11 is 0. The van der Waals surface area contributed by atoms with Crippen LogP contribution in [0.5, 0.6) is 0 Å². The van der Waals surface area contributed by atoms with Crippen LogP contribution in [-0.2, 0) is 6.54 Å². The number of nitrogen functional groups attached to an aromatic ring is 1. The molecule has 0 spiro atoms. The molecule has 114 valence electrons. The topological polar surface area (TPSA) is 82.2 Å². The number of nitrogens with two attached hydrogens (primary N) is 1. The molecule has 0 fully saturated rings. The molecule has 6 heteroatoms. The van der Waals surface area contributed by atoms with Crippen LogP contribution in [0.1, 0.15) is 36.2 Å². The van der Waals surface area contributed by atoms with E-state index in [0.29, 0.717) is 36.6 Å². The van der Waals surface area contributed by atoms with Gasteiger partial charge in [0.15, 0.2) is 0 Å². The van der Waals surface area contributed by atoms with Crippen LogP contribution in [0.4, 0.5) is 4.39 Å². The van der Waals surface area contributed by atoms with Crippen molar-refractivity contribution in [3.63, 3.8) is 0 Å². The van der Waals surface area contributed by atoms with Crippen molar-refractivity contribution in [1.82, 2.24) is 10.3 Å². The maximum absolute atomic E-state index is 13.9. The monoisotopic (exact) mass is 292 g/mol. The lowest BCUT2D eigenvalue weighted by atomic mass is 10.1. The van der Waals surface area contributed by atoms with Gasteiger partial charge in [0.1, 0.15) is 5.82 Å². The molecule has 3 N–H and O–H groups in total. The molecule has 5 nitrogen and oxygen atoms in total. The Bertz CT molecular complexity index is 525. The molecule has 0 aliphatic carbocycles. The van der Waals surface area contributed by atoms with E-state index in [0.717, 1.165) is 6.54 Å². The van der Waals surface area contributed by atoms with Crippen LogP contribution in [0.25, 0.3) is 0 Å². The zero-order valence-corrected chi connectivity index (χ0v) is 12.4. The van der Waals surface area contributed by atoms with Crippen molar-refractivity contribution in [1.29, 1.82) is 5.26 Å². The number of carbonyl (C=O) groups is 1. The maximum Gasteiger partial charge on any atom is 0.265 e. The summed E-state index contributed by atoms with van der Waals surface area (Å²) in [5, 5.41) is 8.70. The van der Waals surface area contributed by atoms with Crippen molar-refractivity contribution in [3.8, 4) is 6.07 Å². The van der Waals surface area contributed by atoms with E-state index in [2.05, 4.69) is 19.9 Å². The van der Waals surface area contributed by atoms with Gasteiger partial charge in [-0.3, -0.25) is 15.1 Å². The lowest BCUT2D eigenvalue weighted by molar-refractivity contribution is 0.0953. The summed E-state index contributed by atoms with van der Waals surface area (Å²) in [6, 6.07) is 6.25. The fourth-order valence-corrected chi connectivity index (χ4v) is 2.12. The van der Waals surface area contributed by atoms with Crippen molar-refractivity contribution in [3.05, 3.63) is 35.1 Å². The molecule has 0 aliphatic rings. The Hall–Kier alpha value is -1.97. The van der Waals surface area contributed by atoms with Gasteiger partial charge in [-0.15, -0.1) is 0 Å². The molecule has 1 amide bonds. The van der Waals surface area contributed by atoms with Crippen LogP contribution >= 0.6 is 0 Å².